The number of ether oxygens (including phenoxy) is 1. The Bertz CT molecular complexity index is 968. The van der Waals surface area contributed by atoms with Gasteiger partial charge < -0.3 is 9.84 Å². The second-order valence-corrected chi connectivity index (χ2v) is 6.89. The van der Waals surface area contributed by atoms with Crippen molar-refractivity contribution in [1.82, 2.24) is 5.01 Å². The van der Waals surface area contributed by atoms with Gasteiger partial charge in [-0.2, -0.15) is 13.5 Å². The Morgan fingerprint density at radius 1 is 1.28 bits per heavy atom. The van der Waals surface area contributed by atoms with E-state index >= 15 is 0 Å². The molecule has 2 aromatic rings. The largest absolute Gasteiger partial charge is 0.504 e. The van der Waals surface area contributed by atoms with E-state index in [0.717, 1.165) is 0 Å². The first-order chi connectivity index (χ1) is 11.9. The molecule has 1 aliphatic heterocycles. The van der Waals surface area contributed by atoms with Crippen LogP contribution in [0.5, 0.6) is 11.5 Å². The van der Waals surface area contributed by atoms with Gasteiger partial charge in [-0.3, -0.25) is 0 Å². The summed E-state index contributed by atoms with van der Waals surface area (Å²) in [6.45, 7) is 2.25. The van der Waals surface area contributed by atoms with Crippen LogP contribution in [-0.4, -0.2) is 44.2 Å². The summed E-state index contributed by atoms with van der Waals surface area (Å²) in [5.41, 5.74) is 1.21. The number of benzene rings is 2. The van der Waals surface area contributed by atoms with Crippen LogP contribution in [0.1, 0.15) is 18.1 Å². The highest BCUT2D eigenvalue weighted by Crippen LogP contribution is 2.28. The summed E-state index contributed by atoms with van der Waals surface area (Å²) in [5.74, 6) is 0.670. The summed E-state index contributed by atoms with van der Waals surface area (Å²) in [5, 5.41) is 15.4. The normalized spacial score (nSPS) is 15.0. The number of hydrogen-bond donors (Lipinski definition) is 1. The second-order valence-electron chi connectivity index (χ2n) is 5.31. The molecule has 8 heteroatoms. The average molecular weight is 359 g/mol. The van der Waals surface area contributed by atoms with Gasteiger partial charge in [-0.05, 0) is 42.8 Å². The van der Waals surface area contributed by atoms with E-state index in [1.54, 1.807) is 37.4 Å². The standard InChI is InChI=1S/C17H17N3O4S/c1-3-24-15-10-12(8-9-14(15)21)11-18-20(2)17-13-6-4-5-7-16(13)25(22,23)19-17/h4-11,21H,3H2,1-2H3. The van der Waals surface area contributed by atoms with Gasteiger partial charge in [-0.25, -0.2) is 5.01 Å². The molecule has 0 radical (unpaired) electrons. The molecule has 25 heavy (non-hydrogen) atoms. The molecule has 0 fully saturated rings. The number of hydrogen-bond acceptors (Lipinski definition) is 6. The first-order valence-corrected chi connectivity index (χ1v) is 9.04. The van der Waals surface area contributed by atoms with Gasteiger partial charge in [-0.1, -0.05) is 12.1 Å². The van der Waals surface area contributed by atoms with Crippen LogP contribution >= 0.6 is 0 Å². The quantitative estimate of drug-likeness (QED) is 0.667. The number of aromatic hydroxyl groups is 1. The number of hydrazone groups is 1. The number of phenolic OH excluding ortho intramolecular Hbond substituents is 1. The van der Waals surface area contributed by atoms with Crippen molar-refractivity contribution in [2.75, 3.05) is 13.7 Å². The summed E-state index contributed by atoms with van der Waals surface area (Å²) in [6, 6.07) is 11.5. The third-order valence-corrected chi connectivity index (χ3v) is 4.91. The van der Waals surface area contributed by atoms with Crippen molar-refractivity contribution in [1.29, 1.82) is 0 Å². The molecule has 0 amide bonds. The molecule has 0 unspecified atom stereocenters. The predicted octanol–water partition coefficient (Wildman–Crippen LogP) is 2.21. The number of fused-ring (bicyclic) bond motifs is 1. The molecule has 0 aromatic heterocycles. The fourth-order valence-corrected chi connectivity index (χ4v) is 3.64. The van der Waals surface area contributed by atoms with Crippen LogP contribution in [0.4, 0.5) is 0 Å². The predicted molar refractivity (Wildman–Crippen MR) is 94.8 cm³/mol. The highest BCUT2D eigenvalue weighted by molar-refractivity contribution is 7.90. The monoisotopic (exact) mass is 359 g/mol. The van der Waals surface area contributed by atoms with Crippen LogP contribution in [0.3, 0.4) is 0 Å². The molecule has 0 atom stereocenters. The topological polar surface area (TPSA) is 91.6 Å². The number of sulfonamides is 1. The van der Waals surface area contributed by atoms with Gasteiger partial charge in [0.2, 0.25) is 0 Å². The summed E-state index contributed by atoms with van der Waals surface area (Å²) >= 11 is 0. The lowest BCUT2D eigenvalue weighted by Crippen LogP contribution is -2.21. The number of rotatable bonds is 4. The lowest BCUT2D eigenvalue weighted by atomic mass is 10.2. The maximum absolute atomic E-state index is 12.1. The second kappa shape index (κ2) is 6.56. The van der Waals surface area contributed by atoms with Crippen molar-refractivity contribution >= 4 is 22.1 Å². The van der Waals surface area contributed by atoms with Crippen LogP contribution in [-0.2, 0) is 10.0 Å². The van der Waals surface area contributed by atoms with Gasteiger partial charge in [0.1, 0.15) is 4.90 Å². The molecule has 0 spiro atoms. The van der Waals surface area contributed by atoms with Crippen molar-refractivity contribution in [2.45, 2.75) is 11.8 Å². The van der Waals surface area contributed by atoms with Crippen molar-refractivity contribution in [3.05, 3.63) is 53.6 Å². The lowest BCUT2D eigenvalue weighted by molar-refractivity contribution is 0.318. The molecular formula is C17H17N3O4S. The van der Waals surface area contributed by atoms with Crippen LogP contribution in [0.15, 0.2) is 56.9 Å². The maximum atomic E-state index is 12.1. The SMILES string of the molecule is CCOc1cc(C=NN(C)C2=NS(=O)(=O)c3ccccc32)ccc1O. The molecule has 1 aliphatic rings. The molecule has 0 aliphatic carbocycles. The molecule has 3 rings (SSSR count). The number of nitrogens with zero attached hydrogens (tertiary/aromatic N) is 3. The summed E-state index contributed by atoms with van der Waals surface area (Å²) in [6.07, 6.45) is 1.54. The Labute approximate surface area is 145 Å². The fourth-order valence-electron chi connectivity index (χ4n) is 2.41. The minimum atomic E-state index is -3.68. The first-order valence-electron chi connectivity index (χ1n) is 7.60. The molecule has 0 saturated heterocycles. The van der Waals surface area contributed by atoms with E-state index in [4.69, 9.17) is 4.74 Å². The highest BCUT2D eigenvalue weighted by atomic mass is 32.2. The van der Waals surface area contributed by atoms with Crippen molar-refractivity contribution in [3.63, 3.8) is 0 Å². The van der Waals surface area contributed by atoms with E-state index in [-0.39, 0.29) is 16.5 Å². The van der Waals surface area contributed by atoms with Crippen molar-refractivity contribution < 1.29 is 18.3 Å². The zero-order valence-electron chi connectivity index (χ0n) is 13.7. The molecule has 130 valence electrons. The van der Waals surface area contributed by atoms with E-state index in [1.807, 2.05) is 6.92 Å². The van der Waals surface area contributed by atoms with Crippen molar-refractivity contribution in [2.24, 2.45) is 9.50 Å². The molecule has 0 saturated carbocycles. The minimum absolute atomic E-state index is 0.0487. The fraction of sp³-hybridized carbons (Fsp3) is 0.176. The van der Waals surface area contributed by atoms with E-state index in [9.17, 15) is 13.5 Å². The van der Waals surface area contributed by atoms with Gasteiger partial charge in [0.15, 0.2) is 17.3 Å². The third kappa shape index (κ3) is 3.34. The zero-order chi connectivity index (χ0) is 18.0. The van der Waals surface area contributed by atoms with Crippen LogP contribution < -0.4 is 4.74 Å². The Morgan fingerprint density at radius 2 is 2.04 bits per heavy atom. The van der Waals surface area contributed by atoms with E-state index < -0.39 is 10.0 Å². The van der Waals surface area contributed by atoms with E-state index in [1.165, 1.54) is 23.4 Å². The number of amidine groups is 1. The minimum Gasteiger partial charge on any atom is -0.504 e. The summed E-state index contributed by atoms with van der Waals surface area (Å²) in [4.78, 5) is 0.176. The Hall–Kier alpha value is -2.87. The van der Waals surface area contributed by atoms with Gasteiger partial charge in [0.05, 0.1) is 12.8 Å². The van der Waals surface area contributed by atoms with Gasteiger partial charge in [0.25, 0.3) is 10.0 Å². The van der Waals surface area contributed by atoms with Crippen molar-refractivity contribution in [3.8, 4) is 11.5 Å². The molecule has 2 aromatic carbocycles. The molecule has 1 heterocycles. The Morgan fingerprint density at radius 3 is 2.80 bits per heavy atom. The summed E-state index contributed by atoms with van der Waals surface area (Å²) in [7, 11) is -2.06. The Balaban J connectivity index is 1.87. The molecule has 1 N–H and O–H groups in total. The van der Waals surface area contributed by atoms with E-state index in [0.29, 0.717) is 23.5 Å². The van der Waals surface area contributed by atoms with Crippen LogP contribution in [0, 0.1) is 0 Å². The number of phenols is 1. The van der Waals surface area contributed by atoms with Gasteiger partial charge in [-0.15, -0.1) is 4.40 Å². The molecular weight excluding hydrogens is 342 g/mol. The first kappa shape index (κ1) is 17.0. The van der Waals surface area contributed by atoms with Gasteiger partial charge in [0, 0.05) is 12.6 Å². The zero-order valence-corrected chi connectivity index (χ0v) is 14.6. The van der Waals surface area contributed by atoms with Crippen LogP contribution in [0.2, 0.25) is 0 Å². The summed E-state index contributed by atoms with van der Waals surface area (Å²) < 4.78 is 33.3. The van der Waals surface area contributed by atoms with Crippen LogP contribution in [0.25, 0.3) is 0 Å². The third-order valence-electron chi connectivity index (χ3n) is 3.58. The average Bonchev–Trinajstić information content (AvgIpc) is 2.87. The van der Waals surface area contributed by atoms with Gasteiger partial charge >= 0.3 is 0 Å². The highest BCUT2D eigenvalue weighted by Gasteiger charge is 2.30. The molecule has 7 nitrogen and oxygen atoms in total. The maximum Gasteiger partial charge on any atom is 0.285 e. The van der Waals surface area contributed by atoms with E-state index in [2.05, 4.69) is 9.50 Å². The Kier molecular flexibility index (Phi) is 4.45. The smallest absolute Gasteiger partial charge is 0.285 e. The lowest BCUT2D eigenvalue weighted by Gasteiger charge is -2.12. The molecule has 0 bridgehead atoms.